The molecule has 3 N–H and O–H groups in total. The third-order valence-corrected chi connectivity index (χ3v) is 3.88. The summed E-state index contributed by atoms with van der Waals surface area (Å²) < 4.78 is 0. The molecule has 0 unspecified atom stereocenters. The molecule has 1 aliphatic carbocycles. The zero-order valence-electron chi connectivity index (χ0n) is 14.5. The van der Waals surface area contributed by atoms with Gasteiger partial charge in [-0.1, -0.05) is 27.7 Å². The molecule has 0 atom stereocenters. The predicted octanol–water partition coefficient (Wildman–Crippen LogP) is 0.593. The lowest BCUT2D eigenvalue weighted by Gasteiger charge is -2.42. The summed E-state index contributed by atoms with van der Waals surface area (Å²) in [6.45, 7) is 8.54. The number of aliphatic carboxylic acids is 1. The lowest BCUT2D eigenvalue weighted by atomic mass is 9.85. The number of likely N-dealkylation sites (N-methyl/N-ethyl adjacent to an activating group) is 1. The molecule has 0 aliphatic heterocycles. The van der Waals surface area contributed by atoms with Gasteiger partial charge in [0, 0.05) is 18.5 Å². The lowest BCUT2D eigenvalue weighted by molar-refractivity contribution is -0.139. The Balaban J connectivity index is 2.23. The second kappa shape index (κ2) is 8.29. The highest BCUT2D eigenvalue weighted by Gasteiger charge is 2.34. The molecule has 0 radical (unpaired) electrons. The summed E-state index contributed by atoms with van der Waals surface area (Å²) in [4.78, 5) is 36.1. The standard InChI is InChI=1S/C16H29N3O4/c1-5-19(10-15(22)23)12-6-11(7-12)18-14(21)9-17-13(20)8-16(2,3)4/h11-12H,5-10H2,1-4H3,(H,17,20)(H,18,21)(H,22,23). The predicted molar refractivity (Wildman–Crippen MR) is 86.9 cm³/mol. The van der Waals surface area contributed by atoms with Crippen LogP contribution in [-0.2, 0) is 14.4 Å². The Morgan fingerprint density at radius 3 is 2.26 bits per heavy atom. The van der Waals surface area contributed by atoms with Crippen LogP contribution in [0.1, 0.15) is 47.0 Å². The first-order valence-corrected chi connectivity index (χ1v) is 8.12. The van der Waals surface area contributed by atoms with E-state index < -0.39 is 5.97 Å². The molecule has 0 heterocycles. The average Bonchev–Trinajstić information content (AvgIpc) is 2.35. The van der Waals surface area contributed by atoms with Crippen LogP contribution >= 0.6 is 0 Å². The molecule has 2 amide bonds. The van der Waals surface area contributed by atoms with Crippen molar-refractivity contribution in [2.45, 2.75) is 59.0 Å². The first-order valence-electron chi connectivity index (χ1n) is 8.12. The minimum absolute atomic E-state index is 0.0112. The topological polar surface area (TPSA) is 98.7 Å². The highest BCUT2D eigenvalue weighted by atomic mass is 16.4. The van der Waals surface area contributed by atoms with Gasteiger partial charge >= 0.3 is 5.97 Å². The average molecular weight is 327 g/mol. The molecule has 0 aromatic carbocycles. The van der Waals surface area contributed by atoms with Crippen LogP contribution in [0.25, 0.3) is 0 Å². The largest absolute Gasteiger partial charge is 0.480 e. The molecule has 23 heavy (non-hydrogen) atoms. The number of nitrogens with zero attached hydrogens (tertiary/aromatic N) is 1. The molecule has 7 nitrogen and oxygen atoms in total. The molecule has 0 aromatic heterocycles. The van der Waals surface area contributed by atoms with Crippen molar-refractivity contribution < 1.29 is 19.5 Å². The summed E-state index contributed by atoms with van der Waals surface area (Å²) in [5, 5.41) is 14.3. The van der Waals surface area contributed by atoms with Crippen LogP contribution in [0.15, 0.2) is 0 Å². The number of carbonyl (C=O) groups is 3. The minimum atomic E-state index is -0.833. The smallest absolute Gasteiger partial charge is 0.317 e. The number of carboxylic acid groups (broad SMARTS) is 1. The molecule has 0 aromatic rings. The maximum absolute atomic E-state index is 11.8. The van der Waals surface area contributed by atoms with Gasteiger partial charge in [0.05, 0.1) is 13.1 Å². The number of hydrogen-bond acceptors (Lipinski definition) is 4. The molecule has 7 heteroatoms. The fraction of sp³-hybridized carbons (Fsp3) is 0.812. The number of carbonyl (C=O) groups excluding carboxylic acids is 2. The summed E-state index contributed by atoms with van der Waals surface area (Å²) in [6, 6.07) is 0.270. The maximum atomic E-state index is 11.8. The third kappa shape index (κ3) is 7.45. The number of amides is 2. The Morgan fingerprint density at radius 2 is 1.78 bits per heavy atom. The van der Waals surface area contributed by atoms with Crippen LogP contribution in [0.5, 0.6) is 0 Å². The van der Waals surface area contributed by atoms with Crippen LogP contribution < -0.4 is 10.6 Å². The lowest BCUT2D eigenvalue weighted by Crippen LogP contribution is -2.56. The van der Waals surface area contributed by atoms with E-state index in [1.165, 1.54) is 0 Å². The Hall–Kier alpha value is -1.63. The molecule has 132 valence electrons. The van der Waals surface area contributed by atoms with Gasteiger partial charge < -0.3 is 15.7 Å². The van der Waals surface area contributed by atoms with Crippen molar-refractivity contribution in [3.63, 3.8) is 0 Å². The first-order chi connectivity index (χ1) is 10.6. The summed E-state index contributed by atoms with van der Waals surface area (Å²) in [6.07, 6.45) is 1.89. The quantitative estimate of drug-likeness (QED) is 0.606. The SMILES string of the molecule is CCN(CC(=O)O)C1CC(NC(=O)CNC(=O)CC(C)(C)C)C1. The molecular weight excluding hydrogens is 298 g/mol. The van der Waals surface area contributed by atoms with Gasteiger partial charge in [-0.2, -0.15) is 0 Å². The number of hydrogen-bond donors (Lipinski definition) is 3. The summed E-state index contributed by atoms with van der Waals surface area (Å²) in [5.74, 6) is -1.16. The second-order valence-electron chi connectivity index (χ2n) is 7.36. The van der Waals surface area contributed by atoms with E-state index in [9.17, 15) is 14.4 Å². The Bertz CT molecular complexity index is 439. The van der Waals surface area contributed by atoms with Crippen molar-refractivity contribution in [3.8, 4) is 0 Å². The Morgan fingerprint density at radius 1 is 1.17 bits per heavy atom. The van der Waals surface area contributed by atoms with E-state index in [-0.39, 0.29) is 42.4 Å². The summed E-state index contributed by atoms with van der Waals surface area (Å²) in [5.41, 5.74) is -0.102. The fourth-order valence-electron chi connectivity index (χ4n) is 2.68. The molecule has 0 saturated heterocycles. The van der Waals surface area contributed by atoms with Crippen molar-refractivity contribution in [2.75, 3.05) is 19.6 Å². The van der Waals surface area contributed by atoms with Crippen LogP contribution in [-0.4, -0.2) is 59.5 Å². The number of carboxylic acids is 1. The van der Waals surface area contributed by atoms with Crippen molar-refractivity contribution in [1.82, 2.24) is 15.5 Å². The Labute approximate surface area is 137 Å². The molecule has 1 aliphatic rings. The third-order valence-electron chi connectivity index (χ3n) is 3.88. The molecular formula is C16H29N3O4. The van der Waals surface area contributed by atoms with Gasteiger partial charge in [-0.05, 0) is 24.8 Å². The van der Waals surface area contributed by atoms with Gasteiger partial charge in [0.2, 0.25) is 11.8 Å². The maximum Gasteiger partial charge on any atom is 0.317 e. The van der Waals surface area contributed by atoms with E-state index in [4.69, 9.17) is 5.11 Å². The van der Waals surface area contributed by atoms with Gasteiger partial charge in [-0.15, -0.1) is 0 Å². The van der Waals surface area contributed by atoms with E-state index >= 15 is 0 Å². The highest BCUT2D eigenvalue weighted by Crippen LogP contribution is 2.25. The second-order valence-corrected chi connectivity index (χ2v) is 7.36. The zero-order chi connectivity index (χ0) is 17.6. The van der Waals surface area contributed by atoms with Crippen LogP contribution in [0.2, 0.25) is 0 Å². The van der Waals surface area contributed by atoms with Crippen molar-refractivity contribution in [1.29, 1.82) is 0 Å². The van der Waals surface area contributed by atoms with Gasteiger partial charge in [0.25, 0.3) is 0 Å². The van der Waals surface area contributed by atoms with Gasteiger partial charge in [-0.3, -0.25) is 19.3 Å². The molecule has 0 spiro atoms. The zero-order valence-corrected chi connectivity index (χ0v) is 14.5. The summed E-state index contributed by atoms with van der Waals surface area (Å²) >= 11 is 0. The minimum Gasteiger partial charge on any atom is -0.480 e. The van der Waals surface area contributed by atoms with Gasteiger partial charge in [0.15, 0.2) is 0 Å². The molecule has 1 fully saturated rings. The van der Waals surface area contributed by atoms with Gasteiger partial charge in [0.1, 0.15) is 0 Å². The number of nitrogens with one attached hydrogen (secondary N) is 2. The number of rotatable bonds is 8. The monoisotopic (exact) mass is 327 g/mol. The highest BCUT2D eigenvalue weighted by molar-refractivity contribution is 5.85. The van der Waals surface area contributed by atoms with Crippen molar-refractivity contribution in [3.05, 3.63) is 0 Å². The van der Waals surface area contributed by atoms with E-state index in [0.29, 0.717) is 13.0 Å². The van der Waals surface area contributed by atoms with E-state index in [2.05, 4.69) is 10.6 Å². The van der Waals surface area contributed by atoms with Crippen LogP contribution in [0.3, 0.4) is 0 Å². The molecule has 0 bridgehead atoms. The van der Waals surface area contributed by atoms with Crippen molar-refractivity contribution >= 4 is 17.8 Å². The molecule has 1 saturated carbocycles. The van der Waals surface area contributed by atoms with Crippen LogP contribution in [0.4, 0.5) is 0 Å². The Kier molecular flexibility index (Phi) is 7.00. The molecule has 1 rings (SSSR count). The summed E-state index contributed by atoms with van der Waals surface area (Å²) in [7, 11) is 0. The van der Waals surface area contributed by atoms with Crippen LogP contribution in [0, 0.1) is 5.41 Å². The first kappa shape index (κ1) is 19.4. The fourth-order valence-corrected chi connectivity index (χ4v) is 2.68. The van der Waals surface area contributed by atoms with E-state index in [1.807, 2.05) is 32.6 Å². The van der Waals surface area contributed by atoms with E-state index in [0.717, 1.165) is 12.8 Å². The van der Waals surface area contributed by atoms with Crippen molar-refractivity contribution in [2.24, 2.45) is 5.41 Å². The van der Waals surface area contributed by atoms with E-state index in [1.54, 1.807) is 0 Å². The van der Waals surface area contributed by atoms with Gasteiger partial charge in [-0.25, -0.2) is 0 Å². The normalized spacial score (nSPS) is 20.7.